The minimum absolute atomic E-state index is 0.0293. The summed E-state index contributed by atoms with van der Waals surface area (Å²) in [5.41, 5.74) is 1.21. The number of nitrogens with zero attached hydrogens (tertiary/aromatic N) is 1. The highest BCUT2D eigenvalue weighted by Gasteiger charge is 2.26. The molecule has 0 N–H and O–H groups in total. The summed E-state index contributed by atoms with van der Waals surface area (Å²) in [6.45, 7) is 1.92. The van der Waals surface area contributed by atoms with Crippen LogP contribution in [0.2, 0.25) is 0 Å². The summed E-state index contributed by atoms with van der Waals surface area (Å²) in [6.07, 6.45) is 1.49. The normalized spacial score (nSPS) is 13.3. The van der Waals surface area contributed by atoms with Gasteiger partial charge in [-0.15, -0.1) is 0 Å². The van der Waals surface area contributed by atoms with E-state index in [1.807, 2.05) is 0 Å². The van der Waals surface area contributed by atoms with Crippen LogP contribution in [0.1, 0.15) is 35.7 Å². The van der Waals surface area contributed by atoms with Gasteiger partial charge in [0.1, 0.15) is 17.4 Å². The van der Waals surface area contributed by atoms with Gasteiger partial charge in [-0.05, 0) is 43.2 Å². The van der Waals surface area contributed by atoms with Gasteiger partial charge in [-0.2, -0.15) is 0 Å². The largest absolute Gasteiger partial charge is 0.484 e. The molecule has 0 atom stereocenters. The van der Waals surface area contributed by atoms with E-state index in [0.29, 0.717) is 42.7 Å². The summed E-state index contributed by atoms with van der Waals surface area (Å²) < 4.78 is 32.9. The van der Waals surface area contributed by atoms with Gasteiger partial charge in [-0.25, -0.2) is 8.78 Å². The molecule has 0 aliphatic carbocycles. The number of Topliss-reactive ketones (excluding diaryl/α,β-unsaturated/α-hetero) is 1. The van der Waals surface area contributed by atoms with Crippen LogP contribution in [0.15, 0.2) is 36.4 Å². The molecular formula is C20H19F2NO3. The Morgan fingerprint density at radius 1 is 1.15 bits per heavy atom. The zero-order valence-electron chi connectivity index (χ0n) is 14.4. The number of hydrogen-bond donors (Lipinski definition) is 0. The van der Waals surface area contributed by atoms with Crippen molar-refractivity contribution in [2.45, 2.75) is 26.2 Å². The van der Waals surface area contributed by atoms with Crippen molar-refractivity contribution in [2.24, 2.45) is 0 Å². The Morgan fingerprint density at radius 2 is 1.88 bits per heavy atom. The number of fused-ring (bicyclic) bond motifs is 1. The highest BCUT2D eigenvalue weighted by atomic mass is 19.1. The number of rotatable bonds is 5. The van der Waals surface area contributed by atoms with Gasteiger partial charge < -0.3 is 9.64 Å². The average molecular weight is 359 g/mol. The molecule has 0 bridgehead atoms. The topological polar surface area (TPSA) is 46.6 Å². The van der Waals surface area contributed by atoms with Crippen LogP contribution < -0.4 is 9.64 Å². The number of ether oxygens (including phenoxy) is 1. The fraction of sp³-hybridized carbons (Fsp3) is 0.300. The van der Waals surface area contributed by atoms with E-state index in [2.05, 4.69) is 0 Å². The molecule has 0 unspecified atom stereocenters. The van der Waals surface area contributed by atoms with Gasteiger partial charge in [0, 0.05) is 30.2 Å². The zero-order chi connectivity index (χ0) is 18.7. The quantitative estimate of drug-likeness (QED) is 0.761. The number of anilines is 1. The molecule has 4 nitrogen and oxygen atoms in total. The molecule has 136 valence electrons. The van der Waals surface area contributed by atoms with E-state index in [1.54, 1.807) is 31.2 Å². The van der Waals surface area contributed by atoms with E-state index in [-0.39, 0.29) is 24.0 Å². The number of benzene rings is 2. The number of halogens is 2. The predicted molar refractivity (Wildman–Crippen MR) is 93.6 cm³/mol. The van der Waals surface area contributed by atoms with Gasteiger partial charge in [0.05, 0.1) is 5.69 Å². The highest BCUT2D eigenvalue weighted by molar-refractivity contribution is 5.96. The van der Waals surface area contributed by atoms with Crippen LogP contribution in [-0.2, 0) is 11.2 Å². The van der Waals surface area contributed by atoms with Crippen molar-refractivity contribution in [3.05, 3.63) is 59.2 Å². The number of ketones is 1. The van der Waals surface area contributed by atoms with Gasteiger partial charge in [0.25, 0.3) is 5.91 Å². The maximum atomic E-state index is 13.9. The van der Waals surface area contributed by atoms with Crippen LogP contribution in [0.3, 0.4) is 0 Å². The molecule has 0 aromatic heterocycles. The summed E-state index contributed by atoms with van der Waals surface area (Å²) in [6, 6.07) is 8.56. The summed E-state index contributed by atoms with van der Waals surface area (Å²) in [5, 5.41) is 0. The first kappa shape index (κ1) is 18.0. The molecule has 0 spiro atoms. The molecule has 26 heavy (non-hydrogen) atoms. The summed E-state index contributed by atoms with van der Waals surface area (Å²) >= 11 is 0. The Kier molecular flexibility index (Phi) is 5.30. The molecule has 3 rings (SSSR count). The van der Waals surface area contributed by atoms with Crippen molar-refractivity contribution in [3.8, 4) is 5.75 Å². The number of carbonyl (C=O) groups excluding carboxylic acids is 2. The second kappa shape index (κ2) is 7.64. The Bertz CT molecular complexity index is 834. The lowest BCUT2D eigenvalue weighted by Gasteiger charge is -2.29. The van der Waals surface area contributed by atoms with Crippen molar-refractivity contribution >= 4 is 17.4 Å². The second-order valence-corrected chi connectivity index (χ2v) is 6.12. The first-order chi connectivity index (χ1) is 12.5. The van der Waals surface area contributed by atoms with E-state index in [9.17, 15) is 18.4 Å². The molecular weight excluding hydrogens is 340 g/mol. The van der Waals surface area contributed by atoms with Crippen molar-refractivity contribution < 1.29 is 23.1 Å². The van der Waals surface area contributed by atoms with E-state index in [0.717, 1.165) is 6.07 Å². The maximum absolute atomic E-state index is 13.9. The molecule has 0 fully saturated rings. The number of carbonyl (C=O) groups is 2. The van der Waals surface area contributed by atoms with Crippen molar-refractivity contribution in [3.63, 3.8) is 0 Å². The maximum Gasteiger partial charge on any atom is 0.264 e. The van der Waals surface area contributed by atoms with Crippen LogP contribution in [-0.4, -0.2) is 24.8 Å². The molecule has 0 saturated heterocycles. The van der Waals surface area contributed by atoms with Gasteiger partial charge in [-0.3, -0.25) is 9.59 Å². The molecule has 1 aliphatic heterocycles. The molecule has 2 aromatic rings. The first-order valence-electron chi connectivity index (χ1n) is 8.54. The Labute approximate surface area is 150 Å². The minimum Gasteiger partial charge on any atom is -0.484 e. The van der Waals surface area contributed by atoms with Crippen LogP contribution in [0.4, 0.5) is 14.5 Å². The fourth-order valence-corrected chi connectivity index (χ4v) is 3.04. The number of hydrogen-bond acceptors (Lipinski definition) is 3. The van der Waals surface area contributed by atoms with Gasteiger partial charge >= 0.3 is 0 Å². The Morgan fingerprint density at radius 3 is 2.58 bits per heavy atom. The standard InChI is InChI=1S/C20H19F2NO3/c1-2-19(24)13-5-7-15(8-6-13)26-12-20(25)23-9-3-4-16-17(22)10-14(21)11-18(16)23/h5-8,10-11H,2-4,9,12H2,1H3. The van der Waals surface area contributed by atoms with Crippen molar-refractivity contribution in [2.75, 3.05) is 18.1 Å². The summed E-state index contributed by atoms with van der Waals surface area (Å²) in [5.74, 6) is -1.23. The SMILES string of the molecule is CCC(=O)c1ccc(OCC(=O)N2CCCc3c(F)cc(F)cc32)cc1. The van der Waals surface area contributed by atoms with Gasteiger partial charge in [0.2, 0.25) is 0 Å². The smallest absolute Gasteiger partial charge is 0.264 e. The Hall–Kier alpha value is -2.76. The van der Waals surface area contributed by atoms with Crippen LogP contribution in [0.25, 0.3) is 0 Å². The van der Waals surface area contributed by atoms with Gasteiger partial charge in [-0.1, -0.05) is 6.92 Å². The first-order valence-corrected chi connectivity index (χ1v) is 8.54. The summed E-state index contributed by atoms with van der Waals surface area (Å²) in [7, 11) is 0. The molecule has 2 aromatic carbocycles. The lowest BCUT2D eigenvalue weighted by Crippen LogP contribution is -2.39. The molecule has 0 saturated carbocycles. The predicted octanol–water partition coefficient (Wildman–Crippen LogP) is 3.92. The third-order valence-electron chi connectivity index (χ3n) is 4.40. The molecule has 0 radical (unpaired) electrons. The second-order valence-electron chi connectivity index (χ2n) is 6.12. The van der Waals surface area contributed by atoms with Crippen LogP contribution in [0.5, 0.6) is 5.75 Å². The van der Waals surface area contributed by atoms with Crippen LogP contribution >= 0.6 is 0 Å². The third kappa shape index (κ3) is 3.74. The third-order valence-corrected chi connectivity index (χ3v) is 4.40. The monoisotopic (exact) mass is 359 g/mol. The minimum atomic E-state index is -0.710. The lowest BCUT2D eigenvalue weighted by atomic mass is 10.0. The van der Waals surface area contributed by atoms with E-state index in [1.165, 1.54) is 11.0 Å². The summed E-state index contributed by atoms with van der Waals surface area (Å²) in [4.78, 5) is 25.4. The molecule has 1 aliphatic rings. The van der Waals surface area contributed by atoms with Crippen molar-refractivity contribution in [1.82, 2.24) is 0 Å². The van der Waals surface area contributed by atoms with Crippen LogP contribution in [0, 0.1) is 11.6 Å². The van der Waals surface area contributed by atoms with Gasteiger partial charge in [0.15, 0.2) is 12.4 Å². The lowest BCUT2D eigenvalue weighted by molar-refractivity contribution is -0.120. The van der Waals surface area contributed by atoms with E-state index < -0.39 is 11.6 Å². The number of amides is 1. The zero-order valence-corrected chi connectivity index (χ0v) is 14.4. The fourth-order valence-electron chi connectivity index (χ4n) is 3.04. The van der Waals surface area contributed by atoms with Crippen molar-refractivity contribution in [1.29, 1.82) is 0 Å². The Balaban J connectivity index is 1.69. The molecule has 1 amide bonds. The molecule has 1 heterocycles. The highest BCUT2D eigenvalue weighted by Crippen LogP contribution is 2.30. The van der Waals surface area contributed by atoms with E-state index >= 15 is 0 Å². The van der Waals surface area contributed by atoms with E-state index in [4.69, 9.17) is 4.74 Å². The average Bonchev–Trinajstić information content (AvgIpc) is 2.65. The molecule has 6 heteroatoms.